The van der Waals surface area contributed by atoms with E-state index in [0.717, 1.165) is 19.4 Å². The van der Waals surface area contributed by atoms with Gasteiger partial charge in [0.25, 0.3) is 5.91 Å². The molecular weight excluding hydrogens is 180 g/mol. The molecular formula is C10H20N2O2. The van der Waals surface area contributed by atoms with E-state index in [1.807, 2.05) is 20.8 Å². The van der Waals surface area contributed by atoms with E-state index in [1.54, 1.807) is 0 Å². The minimum Gasteiger partial charge on any atom is -0.304 e. The van der Waals surface area contributed by atoms with E-state index in [-0.39, 0.29) is 5.91 Å². The van der Waals surface area contributed by atoms with Crippen molar-refractivity contribution in [3.63, 3.8) is 0 Å². The molecule has 0 aromatic rings. The Hall–Kier alpha value is -0.610. The van der Waals surface area contributed by atoms with E-state index < -0.39 is 5.54 Å². The molecule has 1 N–H and O–H groups in total. The Labute approximate surface area is 85.6 Å². The van der Waals surface area contributed by atoms with Crippen molar-refractivity contribution in [3.05, 3.63) is 0 Å². The van der Waals surface area contributed by atoms with Crippen molar-refractivity contribution in [2.24, 2.45) is 0 Å². The molecule has 4 nitrogen and oxygen atoms in total. The molecule has 0 bridgehead atoms. The summed E-state index contributed by atoms with van der Waals surface area (Å²) in [5.74, 6) is 0.0269. The van der Waals surface area contributed by atoms with Crippen LogP contribution in [-0.2, 0) is 9.63 Å². The van der Waals surface area contributed by atoms with Gasteiger partial charge >= 0.3 is 0 Å². The summed E-state index contributed by atoms with van der Waals surface area (Å²) in [5.41, 5.74) is -0.522. The summed E-state index contributed by atoms with van der Waals surface area (Å²) in [6.07, 6.45) is 2.08. The number of carbonyl (C=O) groups is 1. The van der Waals surface area contributed by atoms with Gasteiger partial charge in [0.15, 0.2) is 0 Å². The zero-order chi connectivity index (χ0) is 10.6. The summed E-state index contributed by atoms with van der Waals surface area (Å²) in [5, 5.41) is 4.64. The maximum absolute atomic E-state index is 11.9. The first-order valence-corrected chi connectivity index (χ1v) is 5.28. The van der Waals surface area contributed by atoms with Crippen LogP contribution in [0.25, 0.3) is 0 Å². The van der Waals surface area contributed by atoms with Crippen LogP contribution in [0, 0.1) is 0 Å². The standard InChI is InChI=1S/C10H20N2O2/c1-4-11-10(2,3)9(13)12-7-5-6-8-14-12/h11H,4-8H2,1-3H3. The fourth-order valence-corrected chi connectivity index (χ4v) is 1.59. The van der Waals surface area contributed by atoms with Gasteiger partial charge in [-0.3, -0.25) is 9.63 Å². The van der Waals surface area contributed by atoms with Crippen molar-refractivity contribution in [3.8, 4) is 0 Å². The van der Waals surface area contributed by atoms with E-state index in [4.69, 9.17) is 4.84 Å². The van der Waals surface area contributed by atoms with Gasteiger partial charge in [0, 0.05) is 6.54 Å². The van der Waals surface area contributed by atoms with Gasteiger partial charge in [0.1, 0.15) is 0 Å². The second-order valence-electron chi connectivity index (χ2n) is 4.10. The maximum Gasteiger partial charge on any atom is 0.265 e. The van der Waals surface area contributed by atoms with Crippen LogP contribution in [0.15, 0.2) is 0 Å². The van der Waals surface area contributed by atoms with Crippen LogP contribution >= 0.6 is 0 Å². The van der Waals surface area contributed by atoms with Gasteiger partial charge in [-0.1, -0.05) is 6.92 Å². The van der Waals surface area contributed by atoms with Crippen LogP contribution in [0.4, 0.5) is 0 Å². The van der Waals surface area contributed by atoms with Crippen molar-refractivity contribution in [1.29, 1.82) is 0 Å². The van der Waals surface area contributed by atoms with Crippen molar-refractivity contribution in [1.82, 2.24) is 10.4 Å². The lowest BCUT2D eigenvalue weighted by Crippen LogP contribution is -2.54. The zero-order valence-corrected chi connectivity index (χ0v) is 9.30. The molecule has 82 valence electrons. The minimum absolute atomic E-state index is 0.0269. The number of nitrogens with one attached hydrogen (secondary N) is 1. The number of carbonyl (C=O) groups excluding carboxylic acids is 1. The average Bonchev–Trinajstić information content (AvgIpc) is 2.18. The van der Waals surface area contributed by atoms with E-state index in [0.29, 0.717) is 13.2 Å². The predicted molar refractivity (Wildman–Crippen MR) is 54.7 cm³/mol. The van der Waals surface area contributed by atoms with Crippen LogP contribution in [0.2, 0.25) is 0 Å². The molecule has 1 amide bonds. The number of hydroxylamine groups is 2. The smallest absolute Gasteiger partial charge is 0.265 e. The Morgan fingerprint density at radius 3 is 2.71 bits per heavy atom. The number of hydrogen-bond donors (Lipinski definition) is 1. The number of rotatable bonds is 3. The van der Waals surface area contributed by atoms with E-state index in [2.05, 4.69) is 5.32 Å². The van der Waals surface area contributed by atoms with E-state index >= 15 is 0 Å². The van der Waals surface area contributed by atoms with Crippen molar-refractivity contribution in [2.45, 2.75) is 39.2 Å². The molecule has 1 rings (SSSR count). The van der Waals surface area contributed by atoms with Gasteiger partial charge in [-0.2, -0.15) is 0 Å². The lowest BCUT2D eigenvalue weighted by molar-refractivity contribution is -0.202. The molecule has 1 fully saturated rings. The van der Waals surface area contributed by atoms with E-state index in [1.165, 1.54) is 5.06 Å². The Bertz CT molecular complexity index is 198. The predicted octanol–water partition coefficient (Wildman–Crippen LogP) is 0.928. The number of likely N-dealkylation sites (N-methyl/N-ethyl adjacent to an activating group) is 1. The fourth-order valence-electron chi connectivity index (χ4n) is 1.59. The van der Waals surface area contributed by atoms with Crippen molar-refractivity contribution < 1.29 is 9.63 Å². The number of nitrogens with zero attached hydrogens (tertiary/aromatic N) is 1. The highest BCUT2D eigenvalue weighted by Crippen LogP contribution is 2.13. The van der Waals surface area contributed by atoms with Crippen molar-refractivity contribution >= 4 is 5.91 Å². The Balaban J connectivity index is 2.53. The quantitative estimate of drug-likeness (QED) is 0.737. The number of amides is 1. The Morgan fingerprint density at radius 1 is 1.50 bits per heavy atom. The summed E-state index contributed by atoms with van der Waals surface area (Å²) < 4.78 is 0. The highest BCUT2D eigenvalue weighted by molar-refractivity contribution is 5.84. The molecule has 0 aromatic heterocycles. The first kappa shape index (κ1) is 11.5. The van der Waals surface area contributed by atoms with Gasteiger partial charge < -0.3 is 5.32 Å². The molecule has 1 saturated heterocycles. The summed E-state index contributed by atoms with van der Waals surface area (Å²) in [7, 11) is 0. The van der Waals surface area contributed by atoms with Crippen LogP contribution in [0.1, 0.15) is 33.6 Å². The highest BCUT2D eigenvalue weighted by Gasteiger charge is 2.32. The maximum atomic E-state index is 11.9. The molecule has 1 aliphatic rings. The minimum atomic E-state index is -0.522. The molecule has 1 heterocycles. The van der Waals surface area contributed by atoms with Crippen LogP contribution < -0.4 is 5.32 Å². The summed E-state index contributed by atoms with van der Waals surface area (Å²) >= 11 is 0. The lowest BCUT2D eigenvalue weighted by atomic mass is 10.0. The summed E-state index contributed by atoms with van der Waals surface area (Å²) in [6.45, 7) is 7.92. The van der Waals surface area contributed by atoms with Gasteiger partial charge in [-0.25, -0.2) is 5.06 Å². The zero-order valence-electron chi connectivity index (χ0n) is 9.30. The molecule has 0 aromatic carbocycles. The van der Waals surface area contributed by atoms with E-state index in [9.17, 15) is 4.79 Å². The second-order valence-corrected chi connectivity index (χ2v) is 4.10. The summed E-state index contributed by atoms with van der Waals surface area (Å²) in [6, 6.07) is 0. The molecule has 0 saturated carbocycles. The third kappa shape index (κ3) is 2.69. The average molecular weight is 200 g/mol. The van der Waals surface area contributed by atoms with Crippen molar-refractivity contribution in [2.75, 3.05) is 19.7 Å². The molecule has 0 aliphatic carbocycles. The molecule has 14 heavy (non-hydrogen) atoms. The highest BCUT2D eigenvalue weighted by atomic mass is 16.7. The van der Waals surface area contributed by atoms with Crippen LogP contribution in [0.5, 0.6) is 0 Å². The summed E-state index contributed by atoms with van der Waals surface area (Å²) in [4.78, 5) is 17.3. The molecule has 0 radical (unpaired) electrons. The Kier molecular flexibility index (Phi) is 3.89. The molecule has 0 spiro atoms. The second kappa shape index (κ2) is 4.75. The van der Waals surface area contributed by atoms with Gasteiger partial charge in [0.2, 0.25) is 0 Å². The van der Waals surface area contributed by atoms with Crippen LogP contribution in [0.3, 0.4) is 0 Å². The number of hydrogen-bond acceptors (Lipinski definition) is 3. The van der Waals surface area contributed by atoms with Gasteiger partial charge in [0.05, 0.1) is 12.1 Å². The third-order valence-electron chi connectivity index (χ3n) is 2.38. The fraction of sp³-hybridized carbons (Fsp3) is 0.900. The SMILES string of the molecule is CCNC(C)(C)C(=O)N1CCCCO1. The molecule has 0 atom stereocenters. The largest absolute Gasteiger partial charge is 0.304 e. The van der Waals surface area contributed by atoms with Gasteiger partial charge in [-0.15, -0.1) is 0 Å². The lowest BCUT2D eigenvalue weighted by Gasteiger charge is -2.33. The molecule has 4 heteroatoms. The molecule has 1 aliphatic heterocycles. The van der Waals surface area contributed by atoms with Crippen LogP contribution in [-0.4, -0.2) is 36.2 Å². The topological polar surface area (TPSA) is 41.6 Å². The third-order valence-corrected chi connectivity index (χ3v) is 2.38. The molecule has 0 unspecified atom stereocenters. The monoisotopic (exact) mass is 200 g/mol. The first-order chi connectivity index (χ1) is 6.58. The normalized spacial score (nSPS) is 18.4. The first-order valence-electron chi connectivity index (χ1n) is 5.28. The van der Waals surface area contributed by atoms with Gasteiger partial charge in [-0.05, 0) is 33.2 Å². The Morgan fingerprint density at radius 2 is 2.21 bits per heavy atom.